The van der Waals surface area contributed by atoms with Crippen LogP contribution in [-0.4, -0.2) is 43.3 Å². The maximum absolute atomic E-state index is 5.86. The van der Waals surface area contributed by atoms with Crippen LogP contribution in [0.25, 0.3) is 0 Å². The predicted molar refractivity (Wildman–Crippen MR) is 59.3 cm³/mol. The summed E-state index contributed by atoms with van der Waals surface area (Å²) in [6.07, 6.45) is 1.28. The van der Waals surface area contributed by atoms with Gasteiger partial charge in [-0.2, -0.15) is 0 Å². The summed E-state index contributed by atoms with van der Waals surface area (Å²) in [7, 11) is 1.75. The van der Waals surface area contributed by atoms with Gasteiger partial charge in [0.2, 0.25) is 0 Å². The fourth-order valence-corrected chi connectivity index (χ4v) is 2.62. The van der Waals surface area contributed by atoms with E-state index in [1.165, 1.54) is 6.42 Å². The van der Waals surface area contributed by atoms with Gasteiger partial charge in [-0.05, 0) is 26.2 Å². The Balaban J connectivity index is 2.68. The number of ether oxygens (including phenoxy) is 1. The van der Waals surface area contributed by atoms with Crippen LogP contribution in [0.4, 0.5) is 0 Å². The molecular formula is C11H24N2O. The minimum Gasteiger partial charge on any atom is -0.383 e. The normalized spacial score (nSPS) is 33.2. The van der Waals surface area contributed by atoms with Crippen molar-refractivity contribution in [1.82, 2.24) is 4.90 Å². The van der Waals surface area contributed by atoms with E-state index in [-0.39, 0.29) is 5.54 Å². The van der Waals surface area contributed by atoms with E-state index in [1.54, 1.807) is 7.11 Å². The summed E-state index contributed by atoms with van der Waals surface area (Å²) in [5, 5.41) is 0. The van der Waals surface area contributed by atoms with Crippen molar-refractivity contribution in [3.63, 3.8) is 0 Å². The van der Waals surface area contributed by atoms with Crippen LogP contribution in [-0.2, 0) is 4.74 Å². The van der Waals surface area contributed by atoms with Crippen molar-refractivity contribution in [3.05, 3.63) is 0 Å². The van der Waals surface area contributed by atoms with E-state index >= 15 is 0 Å². The number of rotatable bonds is 4. The van der Waals surface area contributed by atoms with Gasteiger partial charge in [0.25, 0.3) is 0 Å². The number of nitrogens with zero attached hydrogens (tertiary/aromatic N) is 1. The lowest BCUT2D eigenvalue weighted by Crippen LogP contribution is -2.56. The molecule has 3 atom stereocenters. The van der Waals surface area contributed by atoms with Gasteiger partial charge in [-0.3, -0.25) is 4.90 Å². The number of likely N-dealkylation sites (tertiary alicyclic amines) is 1. The molecule has 1 heterocycles. The predicted octanol–water partition coefficient (Wildman–Crippen LogP) is 1.08. The molecule has 84 valence electrons. The zero-order chi connectivity index (χ0) is 10.8. The van der Waals surface area contributed by atoms with E-state index in [9.17, 15) is 0 Å². The molecule has 14 heavy (non-hydrogen) atoms. The zero-order valence-electron chi connectivity index (χ0n) is 9.92. The van der Waals surface area contributed by atoms with Crippen LogP contribution in [0, 0.1) is 5.92 Å². The summed E-state index contributed by atoms with van der Waals surface area (Å²) < 4.78 is 5.27. The van der Waals surface area contributed by atoms with Gasteiger partial charge in [0.1, 0.15) is 0 Å². The van der Waals surface area contributed by atoms with Crippen molar-refractivity contribution >= 4 is 0 Å². The highest BCUT2D eigenvalue weighted by Crippen LogP contribution is 2.29. The SMILES string of the molecule is COCC(C)(CN)N1CC(C)CC1C. The molecule has 1 aliphatic rings. The highest BCUT2D eigenvalue weighted by molar-refractivity contribution is 4.94. The third kappa shape index (κ3) is 2.27. The van der Waals surface area contributed by atoms with Gasteiger partial charge in [-0.1, -0.05) is 6.92 Å². The Hall–Kier alpha value is -0.120. The molecule has 0 aliphatic carbocycles. The van der Waals surface area contributed by atoms with Gasteiger partial charge >= 0.3 is 0 Å². The maximum atomic E-state index is 5.86. The van der Waals surface area contributed by atoms with Crippen molar-refractivity contribution in [2.75, 3.05) is 26.8 Å². The molecule has 0 saturated carbocycles. The molecule has 1 fully saturated rings. The van der Waals surface area contributed by atoms with Crippen LogP contribution < -0.4 is 5.73 Å². The summed E-state index contributed by atoms with van der Waals surface area (Å²) in [6.45, 7) is 9.33. The van der Waals surface area contributed by atoms with Gasteiger partial charge in [0.05, 0.1) is 12.1 Å². The Labute approximate surface area is 87.6 Å². The first-order valence-electron chi connectivity index (χ1n) is 5.49. The Bertz CT molecular complexity index is 186. The molecule has 0 spiro atoms. The first-order valence-corrected chi connectivity index (χ1v) is 5.49. The molecule has 1 rings (SSSR count). The number of methoxy groups -OCH3 is 1. The van der Waals surface area contributed by atoms with Gasteiger partial charge in [-0.25, -0.2) is 0 Å². The lowest BCUT2D eigenvalue weighted by Gasteiger charge is -2.40. The molecule has 1 aliphatic heterocycles. The highest BCUT2D eigenvalue weighted by atomic mass is 16.5. The monoisotopic (exact) mass is 200 g/mol. The summed E-state index contributed by atoms with van der Waals surface area (Å²) in [5.41, 5.74) is 5.87. The molecule has 0 aromatic heterocycles. The Morgan fingerprint density at radius 2 is 2.14 bits per heavy atom. The Morgan fingerprint density at radius 1 is 1.50 bits per heavy atom. The molecule has 0 bridgehead atoms. The maximum Gasteiger partial charge on any atom is 0.0656 e. The van der Waals surface area contributed by atoms with Crippen LogP contribution >= 0.6 is 0 Å². The molecule has 0 aromatic carbocycles. The molecule has 0 aromatic rings. The molecule has 2 N–H and O–H groups in total. The molecule has 3 nitrogen and oxygen atoms in total. The van der Waals surface area contributed by atoms with Crippen LogP contribution in [0.2, 0.25) is 0 Å². The molecule has 3 unspecified atom stereocenters. The lowest BCUT2D eigenvalue weighted by atomic mass is 10.0. The number of nitrogens with two attached hydrogens (primary N) is 1. The smallest absolute Gasteiger partial charge is 0.0656 e. The largest absolute Gasteiger partial charge is 0.383 e. The zero-order valence-corrected chi connectivity index (χ0v) is 9.92. The average molecular weight is 200 g/mol. The minimum atomic E-state index is 0.0128. The quantitative estimate of drug-likeness (QED) is 0.738. The van der Waals surface area contributed by atoms with E-state index in [2.05, 4.69) is 25.7 Å². The third-order valence-electron chi connectivity index (χ3n) is 3.37. The summed E-state index contributed by atoms with van der Waals surface area (Å²) >= 11 is 0. The summed E-state index contributed by atoms with van der Waals surface area (Å²) in [4.78, 5) is 2.50. The fraction of sp³-hybridized carbons (Fsp3) is 1.00. The highest BCUT2D eigenvalue weighted by Gasteiger charge is 2.38. The summed E-state index contributed by atoms with van der Waals surface area (Å²) in [6, 6.07) is 0.633. The number of hydrogen-bond donors (Lipinski definition) is 1. The van der Waals surface area contributed by atoms with Crippen LogP contribution in [0.15, 0.2) is 0 Å². The average Bonchev–Trinajstić information content (AvgIpc) is 2.46. The van der Waals surface area contributed by atoms with Crippen molar-refractivity contribution in [2.45, 2.75) is 38.8 Å². The molecular weight excluding hydrogens is 176 g/mol. The van der Waals surface area contributed by atoms with Gasteiger partial charge < -0.3 is 10.5 Å². The lowest BCUT2D eigenvalue weighted by molar-refractivity contribution is 0.0214. The van der Waals surface area contributed by atoms with Crippen LogP contribution in [0.3, 0.4) is 0 Å². The van der Waals surface area contributed by atoms with Crippen molar-refractivity contribution < 1.29 is 4.74 Å². The van der Waals surface area contributed by atoms with Crippen LogP contribution in [0.1, 0.15) is 27.2 Å². The first-order chi connectivity index (χ1) is 6.53. The Kier molecular flexibility index (Phi) is 3.93. The topological polar surface area (TPSA) is 38.5 Å². The summed E-state index contributed by atoms with van der Waals surface area (Å²) in [5.74, 6) is 0.785. The van der Waals surface area contributed by atoms with Crippen LogP contribution in [0.5, 0.6) is 0 Å². The molecule has 0 amide bonds. The minimum absolute atomic E-state index is 0.0128. The van der Waals surface area contributed by atoms with Crippen molar-refractivity contribution in [2.24, 2.45) is 11.7 Å². The van der Waals surface area contributed by atoms with E-state index in [4.69, 9.17) is 10.5 Å². The third-order valence-corrected chi connectivity index (χ3v) is 3.37. The standard InChI is InChI=1S/C11H24N2O/c1-9-5-10(2)13(6-9)11(3,7-12)8-14-4/h9-10H,5-8,12H2,1-4H3. The van der Waals surface area contributed by atoms with Gasteiger partial charge in [0, 0.05) is 26.2 Å². The second-order valence-electron chi connectivity index (χ2n) is 4.98. The van der Waals surface area contributed by atoms with Gasteiger partial charge in [-0.15, -0.1) is 0 Å². The Morgan fingerprint density at radius 3 is 2.50 bits per heavy atom. The van der Waals surface area contributed by atoms with E-state index in [1.807, 2.05) is 0 Å². The van der Waals surface area contributed by atoms with Crippen molar-refractivity contribution in [1.29, 1.82) is 0 Å². The fourth-order valence-electron chi connectivity index (χ4n) is 2.62. The van der Waals surface area contributed by atoms with Gasteiger partial charge in [0.15, 0.2) is 0 Å². The second-order valence-corrected chi connectivity index (χ2v) is 4.98. The van der Waals surface area contributed by atoms with E-state index in [0.717, 1.165) is 19.1 Å². The molecule has 1 saturated heterocycles. The molecule has 0 radical (unpaired) electrons. The van der Waals surface area contributed by atoms with Crippen molar-refractivity contribution in [3.8, 4) is 0 Å². The molecule has 3 heteroatoms. The number of hydrogen-bond acceptors (Lipinski definition) is 3. The first kappa shape index (κ1) is 12.0. The second kappa shape index (κ2) is 4.60. The van der Waals surface area contributed by atoms with E-state index in [0.29, 0.717) is 12.6 Å². The van der Waals surface area contributed by atoms with E-state index < -0.39 is 0 Å².